The minimum atomic E-state index is -0.511. The number of fused-ring (bicyclic) bond motifs is 2. The Labute approximate surface area is 125 Å². The van der Waals surface area contributed by atoms with Crippen LogP contribution >= 0.6 is 0 Å². The fourth-order valence-electron chi connectivity index (χ4n) is 3.55. The Morgan fingerprint density at radius 1 is 1.14 bits per heavy atom. The molecule has 0 bridgehead atoms. The molecule has 3 aliphatic rings. The van der Waals surface area contributed by atoms with Crippen molar-refractivity contribution in [3.8, 4) is 0 Å². The monoisotopic (exact) mass is 290 g/mol. The molecule has 0 N–H and O–H groups in total. The molecule has 1 aromatic carbocycles. The van der Waals surface area contributed by atoms with Crippen molar-refractivity contribution in [2.45, 2.75) is 57.6 Å². The summed E-state index contributed by atoms with van der Waals surface area (Å²) in [6, 6.07) is 10.2. The highest BCUT2D eigenvalue weighted by atomic mass is 16.8. The number of hydrogen-bond acceptors (Lipinski definition) is 4. The summed E-state index contributed by atoms with van der Waals surface area (Å²) in [4.78, 5) is 0. The van der Waals surface area contributed by atoms with Crippen LogP contribution in [0.2, 0.25) is 0 Å². The molecule has 3 atom stereocenters. The molecule has 2 saturated heterocycles. The van der Waals surface area contributed by atoms with Crippen molar-refractivity contribution in [3.63, 3.8) is 0 Å². The summed E-state index contributed by atoms with van der Waals surface area (Å²) >= 11 is 0. The SMILES string of the molecule is CC1(C)O[C@H]2CO[C@H](OCc3ccccc3)C3(CC3)[C@H]2O1. The first kappa shape index (κ1) is 13.7. The molecule has 4 heteroatoms. The highest BCUT2D eigenvalue weighted by Crippen LogP contribution is 2.60. The van der Waals surface area contributed by atoms with Crippen LogP contribution in [0.4, 0.5) is 0 Å². The Hall–Kier alpha value is -0.940. The third-order valence-corrected chi connectivity index (χ3v) is 4.70. The first-order valence-corrected chi connectivity index (χ1v) is 7.72. The molecule has 3 fully saturated rings. The normalized spacial score (nSPS) is 35.6. The number of ether oxygens (including phenoxy) is 4. The van der Waals surface area contributed by atoms with Crippen LogP contribution in [0.3, 0.4) is 0 Å². The Balaban J connectivity index is 1.46. The zero-order valence-corrected chi connectivity index (χ0v) is 12.6. The minimum absolute atomic E-state index is 0.00847. The average molecular weight is 290 g/mol. The van der Waals surface area contributed by atoms with Crippen molar-refractivity contribution in [3.05, 3.63) is 35.9 Å². The summed E-state index contributed by atoms with van der Waals surface area (Å²) in [6.07, 6.45) is 2.14. The zero-order valence-electron chi connectivity index (χ0n) is 12.6. The molecular formula is C17H22O4. The number of rotatable bonds is 3. The Bertz CT molecular complexity index is 509. The highest BCUT2D eigenvalue weighted by Gasteiger charge is 2.66. The van der Waals surface area contributed by atoms with Gasteiger partial charge in [0.25, 0.3) is 0 Å². The van der Waals surface area contributed by atoms with Crippen LogP contribution in [-0.4, -0.2) is 30.9 Å². The largest absolute Gasteiger partial charge is 0.349 e. The smallest absolute Gasteiger partial charge is 0.166 e. The lowest BCUT2D eigenvalue weighted by molar-refractivity contribution is -0.245. The van der Waals surface area contributed by atoms with E-state index in [0.717, 1.165) is 12.8 Å². The van der Waals surface area contributed by atoms with Crippen LogP contribution < -0.4 is 0 Å². The zero-order chi connectivity index (χ0) is 14.5. The third-order valence-electron chi connectivity index (χ3n) is 4.70. The van der Waals surface area contributed by atoms with E-state index in [-0.39, 0.29) is 23.9 Å². The molecule has 0 radical (unpaired) electrons. The van der Waals surface area contributed by atoms with E-state index in [0.29, 0.717) is 13.2 Å². The van der Waals surface area contributed by atoms with Crippen LogP contribution in [0, 0.1) is 5.41 Å². The maximum atomic E-state index is 6.13. The van der Waals surface area contributed by atoms with Crippen molar-refractivity contribution < 1.29 is 18.9 Å². The van der Waals surface area contributed by atoms with Crippen molar-refractivity contribution in [1.29, 1.82) is 0 Å². The molecule has 0 unspecified atom stereocenters. The van der Waals surface area contributed by atoms with E-state index in [4.69, 9.17) is 18.9 Å². The summed E-state index contributed by atoms with van der Waals surface area (Å²) in [5.74, 6) is -0.511. The van der Waals surface area contributed by atoms with Gasteiger partial charge in [-0.15, -0.1) is 0 Å². The molecule has 114 valence electrons. The molecule has 4 rings (SSSR count). The van der Waals surface area contributed by atoms with Crippen LogP contribution in [0.15, 0.2) is 30.3 Å². The topological polar surface area (TPSA) is 36.9 Å². The van der Waals surface area contributed by atoms with E-state index in [1.807, 2.05) is 32.0 Å². The van der Waals surface area contributed by atoms with E-state index in [1.165, 1.54) is 5.56 Å². The van der Waals surface area contributed by atoms with E-state index in [1.54, 1.807) is 0 Å². The second-order valence-corrected chi connectivity index (χ2v) is 6.79. The van der Waals surface area contributed by atoms with E-state index >= 15 is 0 Å². The molecule has 1 saturated carbocycles. The van der Waals surface area contributed by atoms with Gasteiger partial charge in [-0.1, -0.05) is 30.3 Å². The molecular weight excluding hydrogens is 268 g/mol. The quantitative estimate of drug-likeness (QED) is 0.858. The molecule has 0 aromatic heterocycles. The maximum absolute atomic E-state index is 6.13. The van der Waals surface area contributed by atoms with Crippen LogP contribution in [-0.2, 0) is 25.6 Å². The summed E-state index contributed by atoms with van der Waals surface area (Å²) in [5, 5.41) is 0. The average Bonchev–Trinajstić information content (AvgIpc) is 3.17. The molecule has 0 amide bonds. The first-order chi connectivity index (χ1) is 10.1. The molecule has 21 heavy (non-hydrogen) atoms. The first-order valence-electron chi connectivity index (χ1n) is 7.72. The van der Waals surface area contributed by atoms with Gasteiger partial charge in [0.2, 0.25) is 0 Å². The second kappa shape index (κ2) is 4.78. The van der Waals surface area contributed by atoms with Gasteiger partial charge in [-0.05, 0) is 32.3 Å². The molecule has 1 aromatic rings. The van der Waals surface area contributed by atoms with Crippen molar-refractivity contribution >= 4 is 0 Å². The van der Waals surface area contributed by atoms with Crippen LogP contribution in [0.1, 0.15) is 32.3 Å². The van der Waals surface area contributed by atoms with Gasteiger partial charge < -0.3 is 18.9 Å². The molecule has 2 aliphatic heterocycles. The standard InChI is InChI=1S/C17H22O4/c1-16(2)20-13-11-19-15(17(8-9-17)14(13)21-16)18-10-12-6-4-3-5-7-12/h3-7,13-15H,8-11H2,1-2H3/t13-,14-,15-/m0/s1. The lowest BCUT2D eigenvalue weighted by Crippen LogP contribution is -2.50. The maximum Gasteiger partial charge on any atom is 0.166 e. The van der Waals surface area contributed by atoms with Gasteiger partial charge in [0.1, 0.15) is 6.10 Å². The Kier molecular flexibility index (Phi) is 3.12. The third kappa shape index (κ3) is 2.40. The molecule has 2 heterocycles. The Morgan fingerprint density at radius 3 is 2.62 bits per heavy atom. The molecule has 1 spiro atoms. The van der Waals surface area contributed by atoms with Gasteiger partial charge in [0.05, 0.1) is 24.7 Å². The van der Waals surface area contributed by atoms with E-state index < -0.39 is 5.79 Å². The Morgan fingerprint density at radius 2 is 1.90 bits per heavy atom. The van der Waals surface area contributed by atoms with Crippen molar-refractivity contribution in [1.82, 2.24) is 0 Å². The van der Waals surface area contributed by atoms with Gasteiger partial charge in [-0.25, -0.2) is 0 Å². The summed E-state index contributed by atoms with van der Waals surface area (Å²) in [6.45, 7) is 5.08. The number of benzene rings is 1. The highest BCUT2D eigenvalue weighted by molar-refractivity contribution is 5.14. The second-order valence-electron chi connectivity index (χ2n) is 6.79. The predicted octanol–water partition coefficient (Wildman–Crippen LogP) is 2.86. The van der Waals surface area contributed by atoms with Crippen LogP contribution in [0.5, 0.6) is 0 Å². The van der Waals surface area contributed by atoms with Gasteiger partial charge >= 0.3 is 0 Å². The van der Waals surface area contributed by atoms with E-state index in [9.17, 15) is 0 Å². The fraction of sp³-hybridized carbons (Fsp3) is 0.647. The fourth-order valence-corrected chi connectivity index (χ4v) is 3.55. The van der Waals surface area contributed by atoms with Crippen molar-refractivity contribution in [2.75, 3.05) is 6.61 Å². The predicted molar refractivity (Wildman–Crippen MR) is 76.5 cm³/mol. The molecule has 4 nitrogen and oxygen atoms in total. The minimum Gasteiger partial charge on any atom is -0.349 e. The van der Waals surface area contributed by atoms with Gasteiger partial charge in [0.15, 0.2) is 12.1 Å². The van der Waals surface area contributed by atoms with Gasteiger partial charge in [-0.3, -0.25) is 0 Å². The molecule has 1 aliphatic carbocycles. The number of hydrogen-bond donors (Lipinski definition) is 0. The lowest BCUT2D eigenvalue weighted by atomic mass is 9.91. The van der Waals surface area contributed by atoms with Crippen LogP contribution in [0.25, 0.3) is 0 Å². The summed E-state index contributed by atoms with van der Waals surface area (Å²) < 4.78 is 24.1. The van der Waals surface area contributed by atoms with Crippen molar-refractivity contribution in [2.24, 2.45) is 5.41 Å². The summed E-state index contributed by atoms with van der Waals surface area (Å²) in [5.41, 5.74) is 1.16. The lowest BCUT2D eigenvalue weighted by Gasteiger charge is -2.38. The summed E-state index contributed by atoms with van der Waals surface area (Å²) in [7, 11) is 0. The van der Waals surface area contributed by atoms with Gasteiger partial charge in [-0.2, -0.15) is 0 Å². The van der Waals surface area contributed by atoms with E-state index in [2.05, 4.69) is 12.1 Å². The van der Waals surface area contributed by atoms with Gasteiger partial charge in [0, 0.05) is 0 Å².